The van der Waals surface area contributed by atoms with Gasteiger partial charge in [0.05, 0.1) is 15.7 Å². The van der Waals surface area contributed by atoms with E-state index in [9.17, 15) is 21.6 Å². The number of nitrogens with zero attached hydrogens (tertiary/aromatic N) is 1. The van der Waals surface area contributed by atoms with Crippen LogP contribution in [0.5, 0.6) is 0 Å². The van der Waals surface area contributed by atoms with E-state index >= 15 is 0 Å². The molecule has 2 N–H and O–H groups in total. The van der Waals surface area contributed by atoms with E-state index in [1.54, 1.807) is 19.1 Å². The first-order valence-electron chi connectivity index (χ1n) is 9.93. The Hall–Kier alpha value is -2.79. The fourth-order valence-corrected chi connectivity index (χ4v) is 6.55. The van der Waals surface area contributed by atoms with Crippen LogP contribution in [-0.2, 0) is 24.7 Å². The highest BCUT2D eigenvalue weighted by Gasteiger charge is 2.32. The predicted molar refractivity (Wildman–Crippen MR) is 124 cm³/mol. The zero-order valence-electron chi connectivity index (χ0n) is 17.4. The Balaban J connectivity index is 1.65. The van der Waals surface area contributed by atoms with Gasteiger partial charge < -0.3 is 5.32 Å². The Morgan fingerprint density at radius 1 is 1.06 bits per heavy atom. The largest absolute Gasteiger partial charge is 0.325 e. The number of sulfone groups is 1. The van der Waals surface area contributed by atoms with Crippen molar-refractivity contribution in [3.63, 3.8) is 0 Å². The van der Waals surface area contributed by atoms with Crippen LogP contribution in [0.25, 0.3) is 0 Å². The summed E-state index contributed by atoms with van der Waals surface area (Å²) in [5.41, 5.74) is 1.47. The van der Waals surface area contributed by atoms with Crippen LogP contribution in [0.15, 0.2) is 76.8 Å². The minimum atomic E-state index is -4.07. The number of pyridine rings is 1. The number of anilines is 1. The summed E-state index contributed by atoms with van der Waals surface area (Å²) in [6.07, 6.45) is 2.89. The van der Waals surface area contributed by atoms with E-state index in [1.807, 2.05) is 0 Å². The highest BCUT2D eigenvalue weighted by atomic mass is 35.5. The van der Waals surface area contributed by atoms with Crippen LogP contribution in [0, 0.1) is 0 Å². The molecule has 172 valence electrons. The Kier molecular flexibility index (Phi) is 6.28. The number of carbonyl (C=O) groups is 1. The van der Waals surface area contributed by atoms with E-state index in [0.29, 0.717) is 21.8 Å². The molecule has 1 aromatic heterocycles. The van der Waals surface area contributed by atoms with E-state index in [4.69, 9.17) is 11.6 Å². The number of amides is 1. The predicted octanol–water partition coefficient (Wildman–Crippen LogP) is 3.28. The molecule has 1 aliphatic rings. The van der Waals surface area contributed by atoms with Gasteiger partial charge in [0.1, 0.15) is 5.25 Å². The van der Waals surface area contributed by atoms with Crippen molar-refractivity contribution in [1.29, 1.82) is 0 Å². The maximum atomic E-state index is 13.4. The summed E-state index contributed by atoms with van der Waals surface area (Å²) in [5, 5.41) is 1.85. The highest BCUT2D eigenvalue weighted by molar-refractivity contribution is 7.92. The Morgan fingerprint density at radius 2 is 1.76 bits per heavy atom. The van der Waals surface area contributed by atoms with Gasteiger partial charge in [0.2, 0.25) is 15.9 Å². The molecule has 2 heterocycles. The quantitative estimate of drug-likeness (QED) is 0.508. The van der Waals surface area contributed by atoms with Gasteiger partial charge in [0.25, 0.3) is 0 Å². The van der Waals surface area contributed by atoms with Gasteiger partial charge in [-0.25, -0.2) is 21.6 Å². The second-order valence-corrected chi connectivity index (χ2v) is 11.9. The van der Waals surface area contributed by atoms with Crippen LogP contribution in [-0.4, -0.2) is 34.3 Å². The Labute approximate surface area is 197 Å². The lowest BCUT2D eigenvalue weighted by atomic mass is 10.0. The molecule has 11 heteroatoms. The maximum absolute atomic E-state index is 13.4. The van der Waals surface area contributed by atoms with E-state index < -0.39 is 37.6 Å². The van der Waals surface area contributed by atoms with Crippen molar-refractivity contribution in [2.45, 2.75) is 27.9 Å². The lowest BCUT2D eigenvalue weighted by molar-refractivity contribution is -0.116. The number of hydrogen-bond donors (Lipinski definition) is 2. The van der Waals surface area contributed by atoms with E-state index in [2.05, 4.69) is 15.0 Å². The maximum Gasteiger partial charge on any atom is 0.240 e. The molecule has 3 aromatic rings. The SMILES string of the molecule is CC1C(=O)Nc2ccc(S(=O)(=O)NCC(c3cccnc3)S(=O)(=O)c3ccc(Cl)cc3)cc21. The summed E-state index contributed by atoms with van der Waals surface area (Å²) in [6, 6.07) is 13.1. The third-order valence-corrected chi connectivity index (χ3v) is 9.27. The van der Waals surface area contributed by atoms with Crippen LogP contribution >= 0.6 is 11.6 Å². The average molecular weight is 506 g/mol. The molecule has 2 aromatic carbocycles. The monoisotopic (exact) mass is 505 g/mol. The molecule has 0 aliphatic carbocycles. The molecule has 1 amide bonds. The molecular formula is C22H20ClN3O5S2. The molecular weight excluding hydrogens is 486 g/mol. The van der Waals surface area contributed by atoms with Gasteiger partial charge in [0, 0.05) is 29.6 Å². The molecule has 2 atom stereocenters. The van der Waals surface area contributed by atoms with Crippen molar-refractivity contribution < 1.29 is 21.6 Å². The van der Waals surface area contributed by atoms with Crippen LogP contribution in [0.3, 0.4) is 0 Å². The second kappa shape index (κ2) is 8.86. The molecule has 0 bridgehead atoms. The fourth-order valence-electron chi connectivity index (χ4n) is 3.59. The number of aromatic nitrogens is 1. The van der Waals surface area contributed by atoms with Crippen LogP contribution < -0.4 is 10.0 Å². The molecule has 0 spiro atoms. The molecule has 1 aliphatic heterocycles. The lowest BCUT2D eigenvalue weighted by Crippen LogP contribution is -2.32. The van der Waals surface area contributed by atoms with Crippen LogP contribution in [0.1, 0.15) is 29.2 Å². The first-order valence-corrected chi connectivity index (χ1v) is 13.3. The smallest absolute Gasteiger partial charge is 0.240 e. The van der Waals surface area contributed by atoms with Crippen molar-refractivity contribution >= 4 is 43.1 Å². The third-order valence-electron chi connectivity index (χ3n) is 5.48. The number of rotatable bonds is 7. The number of halogens is 1. The average Bonchev–Trinajstić information content (AvgIpc) is 3.08. The molecule has 4 rings (SSSR count). The van der Waals surface area contributed by atoms with E-state index in [1.165, 1.54) is 54.9 Å². The minimum Gasteiger partial charge on any atom is -0.325 e. The van der Waals surface area contributed by atoms with Gasteiger partial charge in [-0.3, -0.25) is 9.78 Å². The zero-order valence-corrected chi connectivity index (χ0v) is 19.8. The fraction of sp³-hybridized carbons (Fsp3) is 0.182. The van der Waals surface area contributed by atoms with Gasteiger partial charge in [-0.2, -0.15) is 0 Å². The number of carbonyl (C=O) groups excluding carboxylic acids is 1. The van der Waals surface area contributed by atoms with Crippen molar-refractivity contribution in [2.75, 3.05) is 11.9 Å². The van der Waals surface area contributed by atoms with Crippen LogP contribution in [0.2, 0.25) is 5.02 Å². The lowest BCUT2D eigenvalue weighted by Gasteiger charge is -2.19. The number of fused-ring (bicyclic) bond motifs is 1. The molecule has 0 saturated carbocycles. The zero-order chi connectivity index (χ0) is 23.8. The second-order valence-electron chi connectivity index (χ2n) is 7.59. The number of benzene rings is 2. The van der Waals surface area contributed by atoms with E-state index in [0.717, 1.165) is 0 Å². The van der Waals surface area contributed by atoms with Gasteiger partial charge in [-0.1, -0.05) is 17.7 Å². The van der Waals surface area contributed by atoms with Crippen molar-refractivity contribution in [2.24, 2.45) is 0 Å². The van der Waals surface area contributed by atoms with Crippen molar-refractivity contribution in [3.8, 4) is 0 Å². The molecule has 8 nitrogen and oxygen atoms in total. The molecule has 0 saturated heterocycles. The summed E-state index contributed by atoms with van der Waals surface area (Å²) in [5.74, 6) is -0.693. The summed E-state index contributed by atoms with van der Waals surface area (Å²) in [6.45, 7) is 1.27. The number of sulfonamides is 1. The van der Waals surface area contributed by atoms with Gasteiger partial charge in [-0.05, 0) is 66.6 Å². The molecule has 2 unspecified atom stereocenters. The van der Waals surface area contributed by atoms with Crippen molar-refractivity contribution in [1.82, 2.24) is 9.71 Å². The summed E-state index contributed by atoms with van der Waals surface area (Å²) < 4.78 is 55.2. The topological polar surface area (TPSA) is 122 Å². The van der Waals surface area contributed by atoms with E-state index in [-0.39, 0.29) is 15.7 Å². The first kappa shape index (κ1) is 23.4. The van der Waals surface area contributed by atoms with Gasteiger partial charge >= 0.3 is 0 Å². The Morgan fingerprint density at radius 3 is 2.42 bits per heavy atom. The van der Waals surface area contributed by atoms with Crippen molar-refractivity contribution in [3.05, 3.63) is 83.1 Å². The molecule has 0 fully saturated rings. The standard InChI is InChI=1S/C22H20ClN3O5S2/c1-14-19-11-18(8-9-20(19)26-22(14)27)33(30,31)25-13-21(15-3-2-10-24-12-15)32(28,29)17-6-4-16(23)5-7-17/h2-12,14,21,25H,13H2,1H3,(H,26,27). The normalized spacial score (nSPS) is 16.8. The first-order chi connectivity index (χ1) is 15.6. The summed E-state index contributed by atoms with van der Waals surface area (Å²) >= 11 is 5.88. The molecule has 33 heavy (non-hydrogen) atoms. The third kappa shape index (κ3) is 4.65. The summed E-state index contributed by atoms with van der Waals surface area (Å²) in [4.78, 5) is 15.8. The van der Waals surface area contributed by atoms with Gasteiger partial charge in [0.15, 0.2) is 9.84 Å². The molecule has 0 radical (unpaired) electrons. The van der Waals surface area contributed by atoms with Crippen LogP contribution in [0.4, 0.5) is 5.69 Å². The minimum absolute atomic E-state index is 0.0101. The summed E-state index contributed by atoms with van der Waals surface area (Å²) in [7, 11) is -8.05. The number of nitrogens with one attached hydrogen (secondary N) is 2. The highest BCUT2D eigenvalue weighted by Crippen LogP contribution is 2.34. The Bertz CT molecular complexity index is 1410. The van der Waals surface area contributed by atoms with Gasteiger partial charge in [-0.15, -0.1) is 0 Å². The number of hydrogen-bond acceptors (Lipinski definition) is 6.